The van der Waals surface area contributed by atoms with Crippen molar-refractivity contribution in [2.45, 2.75) is 12.0 Å². The molecule has 166 valence electrons. The molecular formula is C24H18F2N4O3. The Morgan fingerprint density at radius 1 is 1.03 bits per heavy atom. The molecule has 0 bridgehead atoms. The molecule has 1 aromatic carbocycles. The van der Waals surface area contributed by atoms with Crippen LogP contribution in [0.4, 0.5) is 8.78 Å². The van der Waals surface area contributed by atoms with Crippen molar-refractivity contribution >= 4 is 11.6 Å². The first-order chi connectivity index (χ1) is 16.0. The number of amidine groups is 1. The Morgan fingerprint density at radius 2 is 1.91 bits per heavy atom. The normalized spacial score (nSPS) is 20.9. The molecular weight excluding hydrogens is 430 g/mol. The van der Waals surface area contributed by atoms with Gasteiger partial charge < -0.3 is 19.9 Å². The van der Waals surface area contributed by atoms with Gasteiger partial charge in [-0.2, -0.15) is 4.39 Å². The van der Waals surface area contributed by atoms with Gasteiger partial charge in [-0.15, -0.1) is 0 Å². The van der Waals surface area contributed by atoms with E-state index in [0.717, 1.165) is 29.8 Å². The topological polar surface area (TPSA) is 91.9 Å². The Balaban J connectivity index is 1.55. The number of aliphatic imine (C=N–C) groups is 1. The van der Waals surface area contributed by atoms with Crippen molar-refractivity contribution in [3.8, 4) is 22.8 Å². The average Bonchev–Trinajstić information content (AvgIpc) is 3.22. The zero-order valence-electron chi connectivity index (χ0n) is 17.3. The SMILES string of the molecule is NC1=N[C@@]2(CO1)c1cc(-c3c(F)ccnc3F)ccc1Oc1ncc(C3=CCOCC3)cc12. The number of fused-ring (bicyclic) bond motifs is 4. The largest absolute Gasteiger partial charge is 0.462 e. The van der Waals surface area contributed by atoms with Crippen LogP contribution in [0.25, 0.3) is 16.7 Å². The highest BCUT2D eigenvalue weighted by Gasteiger charge is 2.48. The third kappa shape index (κ3) is 3.07. The van der Waals surface area contributed by atoms with Crippen LogP contribution in [0.15, 0.2) is 53.8 Å². The zero-order valence-corrected chi connectivity index (χ0v) is 17.3. The third-order valence-corrected chi connectivity index (χ3v) is 6.14. The summed E-state index contributed by atoms with van der Waals surface area (Å²) in [5, 5.41) is 0. The Bertz CT molecular complexity index is 1340. The molecule has 6 rings (SSSR count). The molecule has 7 nitrogen and oxygen atoms in total. The number of hydrogen-bond donors (Lipinski definition) is 1. The second-order valence-electron chi connectivity index (χ2n) is 8.00. The molecule has 3 aromatic rings. The number of pyridine rings is 2. The van der Waals surface area contributed by atoms with E-state index in [-0.39, 0.29) is 18.2 Å². The highest BCUT2D eigenvalue weighted by molar-refractivity contribution is 5.78. The van der Waals surface area contributed by atoms with Crippen LogP contribution >= 0.6 is 0 Å². The van der Waals surface area contributed by atoms with Crippen molar-refractivity contribution in [3.05, 3.63) is 77.3 Å². The lowest BCUT2D eigenvalue weighted by Crippen LogP contribution is -2.31. The summed E-state index contributed by atoms with van der Waals surface area (Å²) < 4.78 is 46.0. The maximum absolute atomic E-state index is 14.5. The van der Waals surface area contributed by atoms with Gasteiger partial charge in [-0.1, -0.05) is 12.1 Å². The van der Waals surface area contributed by atoms with Crippen LogP contribution in [0.5, 0.6) is 11.6 Å². The average molecular weight is 448 g/mol. The first kappa shape index (κ1) is 19.8. The zero-order chi connectivity index (χ0) is 22.6. The van der Waals surface area contributed by atoms with E-state index in [1.54, 1.807) is 24.4 Å². The molecule has 33 heavy (non-hydrogen) atoms. The van der Waals surface area contributed by atoms with E-state index in [2.05, 4.69) is 15.0 Å². The van der Waals surface area contributed by atoms with Gasteiger partial charge >= 0.3 is 0 Å². The van der Waals surface area contributed by atoms with E-state index in [1.807, 2.05) is 12.1 Å². The number of benzene rings is 1. The fourth-order valence-corrected chi connectivity index (χ4v) is 4.52. The van der Waals surface area contributed by atoms with Crippen molar-refractivity contribution in [2.24, 2.45) is 10.7 Å². The molecule has 9 heteroatoms. The number of aromatic nitrogens is 2. The number of hydrogen-bond acceptors (Lipinski definition) is 7. The van der Waals surface area contributed by atoms with Crippen LogP contribution in [0.3, 0.4) is 0 Å². The number of nitrogens with two attached hydrogens (primary N) is 1. The van der Waals surface area contributed by atoms with E-state index < -0.39 is 17.3 Å². The van der Waals surface area contributed by atoms with Crippen LogP contribution in [-0.4, -0.2) is 35.8 Å². The van der Waals surface area contributed by atoms with Crippen molar-refractivity contribution in [3.63, 3.8) is 0 Å². The Hall–Kier alpha value is -3.85. The highest BCUT2D eigenvalue weighted by Crippen LogP contribution is 2.51. The smallest absolute Gasteiger partial charge is 0.283 e. The van der Waals surface area contributed by atoms with E-state index in [0.29, 0.717) is 41.5 Å². The summed E-state index contributed by atoms with van der Waals surface area (Å²) in [6, 6.07) is 7.96. The molecule has 0 radical (unpaired) electrons. The molecule has 1 spiro atoms. The summed E-state index contributed by atoms with van der Waals surface area (Å²) in [5.74, 6) is -0.770. The van der Waals surface area contributed by atoms with Crippen LogP contribution < -0.4 is 10.5 Å². The Morgan fingerprint density at radius 3 is 2.67 bits per heavy atom. The van der Waals surface area contributed by atoms with Gasteiger partial charge in [0.15, 0.2) is 5.54 Å². The summed E-state index contributed by atoms with van der Waals surface area (Å²) in [4.78, 5) is 12.8. The summed E-state index contributed by atoms with van der Waals surface area (Å²) in [5.41, 5.74) is 8.24. The molecule has 2 aromatic heterocycles. The quantitative estimate of drug-likeness (QED) is 0.598. The van der Waals surface area contributed by atoms with Crippen LogP contribution in [0.1, 0.15) is 23.1 Å². The molecule has 1 atom stereocenters. The first-order valence-corrected chi connectivity index (χ1v) is 10.4. The minimum Gasteiger partial charge on any atom is -0.462 e. The number of rotatable bonds is 2. The molecule has 3 aliphatic heterocycles. The Kier molecular flexibility index (Phi) is 4.41. The predicted molar refractivity (Wildman–Crippen MR) is 116 cm³/mol. The minimum atomic E-state index is -1.06. The van der Waals surface area contributed by atoms with Gasteiger partial charge in [0.05, 0.1) is 24.3 Å². The molecule has 0 saturated carbocycles. The lowest BCUT2D eigenvalue weighted by molar-refractivity contribution is 0.161. The number of halogens is 2. The number of nitrogens with zero attached hydrogens (tertiary/aromatic N) is 3. The molecule has 0 amide bonds. The fourth-order valence-electron chi connectivity index (χ4n) is 4.52. The lowest BCUT2D eigenvalue weighted by Gasteiger charge is -2.33. The second kappa shape index (κ2) is 7.35. The summed E-state index contributed by atoms with van der Waals surface area (Å²) in [6.45, 7) is 1.28. The first-order valence-electron chi connectivity index (χ1n) is 10.4. The minimum absolute atomic E-state index is 0.0219. The van der Waals surface area contributed by atoms with Crippen LogP contribution in [0.2, 0.25) is 0 Å². The molecule has 2 N–H and O–H groups in total. The van der Waals surface area contributed by atoms with Gasteiger partial charge in [0.1, 0.15) is 18.2 Å². The van der Waals surface area contributed by atoms with Crippen LogP contribution in [-0.2, 0) is 15.0 Å². The molecule has 5 heterocycles. The molecule has 0 aliphatic carbocycles. The molecule has 0 unspecified atom stereocenters. The summed E-state index contributed by atoms with van der Waals surface area (Å²) in [6.07, 6.45) is 5.62. The van der Waals surface area contributed by atoms with Crippen molar-refractivity contribution in [1.82, 2.24) is 9.97 Å². The molecule has 3 aliphatic rings. The molecule has 0 saturated heterocycles. The lowest BCUT2D eigenvalue weighted by atomic mass is 9.80. The maximum atomic E-state index is 14.5. The van der Waals surface area contributed by atoms with E-state index in [4.69, 9.17) is 19.9 Å². The van der Waals surface area contributed by atoms with Crippen molar-refractivity contribution < 1.29 is 23.0 Å². The second-order valence-corrected chi connectivity index (χ2v) is 8.00. The maximum Gasteiger partial charge on any atom is 0.283 e. The predicted octanol–water partition coefficient (Wildman–Crippen LogP) is 3.92. The van der Waals surface area contributed by atoms with Gasteiger partial charge in [0, 0.05) is 18.0 Å². The number of ether oxygens (including phenoxy) is 3. The Labute approximate surface area is 187 Å². The van der Waals surface area contributed by atoms with Crippen molar-refractivity contribution in [1.29, 1.82) is 0 Å². The van der Waals surface area contributed by atoms with Gasteiger partial charge in [0.2, 0.25) is 11.8 Å². The van der Waals surface area contributed by atoms with Gasteiger partial charge in [-0.25, -0.2) is 19.4 Å². The van der Waals surface area contributed by atoms with E-state index in [9.17, 15) is 8.78 Å². The summed E-state index contributed by atoms with van der Waals surface area (Å²) >= 11 is 0. The van der Waals surface area contributed by atoms with Crippen LogP contribution in [0, 0.1) is 11.8 Å². The monoisotopic (exact) mass is 448 g/mol. The standard InChI is InChI=1S/C24H18F2N4O3/c25-18-3-6-28-21(26)20(18)14-1-2-19-16(9-14)24(12-32-23(27)30-24)17-10-15(11-29-22(17)33-19)13-4-7-31-8-5-13/h1-4,6,9-11H,5,7-8,12H2,(H2,27,30)/t24-/m0/s1. The van der Waals surface area contributed by atoms with Gasteiger partial charge in [0.25, 0.3) is 6.02 Å². The molecule has 0 fully saturated rings. The van der Waals surface area contributed by atoms with Gasteiger partial charge in [-0.3, -0.25) is 0 Å². The van der Waals surface area contributed by atoms with Crippen molar-refractivity contribution in [2.75, 3.05) is 19.8 Å². The highest BCUT2D eigenvalue weighted by atomic mass is 19.1. The summed E-state index contributed by atoms with van der Waals surface area (Å²) in [7, 11) is 0. The fraction of sp³-hybridized carbons (Fsp3) is 0.208. The van der Waals surface area contributed by atoms with Gasteiger partial charge in [-0.05, 0) is 47.4 Å². The third-order valence-electron chi connectivity index (χ3n) is 6.14. The van der Waals surface area contributed by atoms with E-state index in [1.165, 1.54) is 0 Å². The van der Waals surface area contributed by atoms with E-state index >= 15 is 0 Å².